The van der Waals surface area contributed by atoms with Crippen molar-refractivity contribution in [2.24, 2.45) is 0 Å². The van der Waals surface area contributed by atoms with Gasteiger partial charge < -0.3 is 10.6 Å². The zero-order chi connectivity index (χ0) is 15.6. The van der Waals surface area contributed by atoms with Gasteiger partial charge in [-0.1, -0.05) is 39.0 Å². The summed E-state index contributed by atoms with van der Waals surface area (Å²) in [6, 6.07) is 6.50. The number of anilines is 2. The molecule has 0 saturated carbocycles. The Bertz CT molecular complexity index is 712. The van der Waals surface area contributed by atoms with Crippen LogP contribution in [0.1, 0.15) is 37.5 Å². The third kappa shape index (κ3) is 2.58. The van der Waals surface area contributed by atoms with Gasteiger partial charge in [0.1, 0.15) is 11.4 Å². The molecule has 0 aromatic heterocycles. The molecule has 21 heavy (non-hydrogen) atoms. The van der Waals surface area contributed by atoms with Crippen LogP contribution in [0.3, 0.4) is 0 Å². The molecule has 2 aromatic carbocycles. The van der Waals surface area contributed by atoms with Crippen molar-refractivity contribution >= 4 is 11.4 Å². The van der Waals surface area contributed by atoms with Crippen LogP contribution >= 0.6 is 0 Å². The van der Waals surface area contributed by atoms with Crippen LogP contribution in [0.25, 0.3) is 0 Å². The molecular weight excluding hydrogens is 264 g/mol. The van der Waals surface area contributed by atoms with Crippen LogP contribution < -0.4 is 21.5 Å². The van der Waals surface area contributed by atoms with Crippen molar-refractivity contribution in [3.8, 4) is 0 Å². The Morgan fingerprint density at radius 2 is 1.86 bits per heavy atom. The summed E-state index contributed by atoms with van der Waals surface area (Å²) in [5.41, 5.74) is 9.04. The van der Waals surface area contributed by atoms with Crippen LogP contribution in [0, 0.1) is 0 Å². The summed E-state index contributed by atoms with van der Waals surface area (Å²) in [7, 11) is 0. The molecule has 0 unspecified atom stereocenters. The van der Waals surface area contributed by atoms with Gasteiger partial charge in [0.05, 0.1) is 0 Å². The first-order valence-electron chi connectivity index (χ1n) is 7.56. The Kier molecular flexibility index (Phi) is 4.46. The summed E-state index contributed by atoms with van der Waals surface area (Å²) < 4.78 is 0. The molecule has 1 aliphatic rings. The molecule has 4 heteroatoms. The Morgan fingerprint density at radius 3 is 2.48 bits per heavy atom. The fourth-order valence-electron chi connectivity index (χ4n) is 2.73. The van der Waals surface area contributed by atoms with Gasteiger partial charge in [-0.2, -0.15) is 0 Å². The highest BCUT2D eigenvalue weighted by atomic mass is 16.2. The lowest BCUT2D eigenvalue weighted by Crippen LogP contribution is -2.44. The number of hydrogen-bond acceptors (Lipinski definition) is 4. The lowest BCUT2D eigenvalue weighted by molar-refractivity contribution is 0.725. The summed E-state index contributed by atoms with van der Waals surface area (Å²) in [6.45, 7) is 7.53. The smallest absolute Gasteiger partial charge is 0.253 e. The predicted octanol–water partition coefficient (Wildman–Crippen LogP) is 2.02. The number of nitrogens with two attached hydrogens (primary N) is 1. The number of aryl methyl sites for hydroxylation is 1. The highest BCUT2D eigenvalue weighted by Gasteiger charge is 2.26. The molecular formula is C17H22N2O2. The van der Waals surface area contributed by atoms with E-state index in [1.165, 1.54) is 16.7 Å². The minimum Gasteiger partial charge on any atom is -0.394 e. The van der Waals surface area contributed by atoms with Crippen LogP contribution in [0.5, 0.6) is 0 Å². The molecule has 2 aromatic rings. The first-order valence-corrected chi connectivity index (χ1v) is 7.56. The van der Waals surface area contributed by atoms with E-state index in [4.69, 9.17) is 5.73 Å². The maximum atomic E-state index is 11.6. The van der Waals surface area contributed by atoms with Crippen LogP contribution in [0.4, 0.5) is 11.4 Å². The maximum absolute atomic E-state index is 11.6. The standard InChI is InChI=1S/C15H16N2O2.C2H6/c1-2-9-3-4-10-5-6-17(8-11(10)7-9)13-12(16)14(18)15(13)19;1-2/h3-4,7H,2,5-6,8,16H2,1H3;1-2H3. The van der Waals surface area contributed by atoms with Gasteiger partial charge >= 0.3 is 0 Å². The zero-order valence-corrected chi connectivity index (χ0v) is 12.9. The highest BCUT2D eigenvalue weighted by Crippen LogP contribution is 2.26. The second-order valence-electron chi connectivity index (χ2n) is 5.05. The molecule has 0 aliphatic carbocycles. The molecule has 0 bridgehead atoms. The molecule has 0 spiro atoms. The van der Waals surface area contributed by atoms with Crippen LogP contribution in [0.2, 0.25) is 0 Å². The molecule has 1 aliphatic heterocycles. The van der Waals surface area contributed by atoms with Crippen LogP contribution in [-0.2, 0) is 19.4 Å². The SMILES string of the molecule is CC.CCc1ccc2c(c1)CN(c1c(N)c(=O)c1=O)CC2. The topological polar surface area (TPSA) is 63.4 Å². The molecule has 0 radical (unpaired) electrons. The summed E-state index contributed by atoms with van der Waals surface area (Å²) in [4.78, 5) is 24.7. The van der Waals surface area contributed by atoms with E-state index in [2.05, 4.69) is 25.1 Å². The summed E-state index contributed by atoms with van der Waals surface area (Å²) in [5, 5.41) is 0. The molecule has 2 N–H and O–H groups in total. The molecule has 0 saturated heterocycles. The molecule has 0 amide bonds. The third-order valence-corrected chi connectivity index (χ3v) is 3.93. The van der Waals surface area contributed by atoms with E-state index in [9.17, 15) is 9.59 Å². The van der Waals surface area contributed by atoms with Crippen molar-refractivity contribution in [3.63, 3.8) is 0 Å². The Balaban J connectivity index is 0.000000774. The van der Waals surface area contributed by atoms with Gasteiger partial charge in [-0.3, -0.25) is 9.59 Å². The predicted molar refractivity (Wildman–Crippen MR) is 87.7 cm³/mol. The monoisotopic (exact) mass is 286 g/mol. The Labute approximate surface area is 124 Å². The van der Waals surface area contributed by atoms with Crippen molar-refractivity contribution in [1.82, 2.24) is 0 Å². The number of benzene rings is 1. The average molecular weight is 286 g/mol. The van der Waals surface area contributed by atoms with E-state index in [0.717, 1.165) is 19.4 Å². The molecule has 1 heterocycles. The van der Waals surface area contributed by atoms with E-state index in [0.29, 0.717) is 12.2 Å². The number of nitrogen functional groups attached to an aromatic ring is 1. The first-order chi connectivity index (χ1) is 10.1. The van der Waals surface area contributed by atoms with E-state index in [1.807, 2.05) is 18.7 Å². The van der Waals surface area contributed by atoms with Crippen molar-refractivity contribution in [2.45, 2.75) is 40.2 Å². The Hall–Kier alpha value is -2.10. The molecule has 0 atom stereocenters. The Morgan fingerprint density at radius 1 is 1.14 bits per heavy atom. The molecule has 3 rings (SSSR count). The fraction of sp³-hybridized carbons (Fsp3) is 0.412. The van der Waals surface area contributed by atoms with Crippen molar-refractivity contribution in [3.05, 3.63) is 55.3 Å². The number of fused-ring (bicyclic) bond motifs is 1. The molecule has 4 nitrogen and oxygen atoms in total. The maximum Gasteiger partial charge on any atom is 0.253 e. The second kappa shape index (κ2) is 6.12. The van der Waals surface area contributed by atoms with Gasteiger partial charge in [-0.05, 0) is 29.5 Å². The van der Waals surface area contributed by atoms with Gasteiger partial charge in [0.25, 0.3) is 10.9 Å². The summed E-state index contributed by atoms with van der Waals surface area (Å²) in [6.07, 6.45) is 1.88. The number of hydrogen-bond donors (Lipinski definition) is 1. The highest BCUT2D eigenvalue weighted by molar-refractivity contribution is 5.73. The van der Waals surface area contributed by atoms with Crippen molar-refractivity contribution in [1.29, 1.82) is 0 Å². The van der Waals surface area contributed by atoms with Crippen molar-refractivity contribution in [2.75, 3.05) is 17.2 Å². The van der Waals surface area contributed by atoms with Gasteiger partial charge in [0.15, 0.2) is 0 Å². The normalized spacial score (nSPS) is 13.6. The minimum absolute atomic E-state index is 0.125. The minimum atomic E-state index is -0.539. The second-order valence-corrected chi connectivity index (χ2v) is 5.05. The largest absolute Gasteiger partial charge is 0.394 e. The number of rotatable bonds is 2. The molecule has 0 fully saturated rings. The van der Waals surface area contributed by atoms with Crippen molar-refractivity contribution < 1.29 is 0 Å². The van der Waals surface area contributed by atoms with E-state index >= 15 is 0 Å². The third-order valence-electron chi connectivity index (χ3n) is 3.93. The molecule has 112 valence electrons. The number of nitrogens with zero attached hydrogens (tertiary/aromatic N) is 1. The van der Waals surface area contributed by atoms with Gasteiger partial charge in [0, 0.05) is 13.1 Å². The van der Waals surface area contributed by atoms with E-state index in [1.54, 1.807) is 0 Å². The summed E-state index contributed by atoms with van der Waals surface area (Å²) >= 11 is 0. The lowest BCUT2D eigenvalue weighted by atomic mass is 9.95. The van der Waals surface area contributed by atoms with Crippen LogP contribution in [0.15, 0.2) is 27.8 Å². The van der Waals surface area contributed by atoms with E-state index in [-0.39, 0.29) is 5.69 Å². The van der Waals surface area contributed by atoms with E-state index < -0.39 is 10.9 Å². The lowest BCUT2D eigenvalue weighted by Gasteiger charge is -2.31. The zero-order valence-electron chi connectivity index (χ0n) is 12.9. The van der Waals surface area contributed by atoms with Crippen LogP contribution in [-0.4, -0.2) is 6.54 Å². The first kappa shape index (κ1) is 15.3. The van der Waals surface area contributed by atoms with Gasteiger partial charge in [-0.25, -0.2) is 0 Å². The van der Waals surface area contributed by atoms with Gasteiger partial charge in [-0.15, -0.1) is 0 Å². The summed E-state index contributed by atoms with van der Waals surface area (Å²) in [5.74, 6) is 0. The quantitative estimate of drug-likeness (QED) is 0.858. The average Bonchev–Trinajstić information content (AvgIpc) is 2.55. The van der Waals surface area contributed by atoms with Gasteiger partial charge in [0.2, 0.25) is 0 Å². The fourth-order valence-corrected chi connectivity index (χ4v) is 2.73.